The van der Waals surface area contributed by atoms with E-state index in [1.807, 2.05) is 20.8 Å². The number of carbonyl (C=O) groups excluding carboxylic acids is 1. The molecule has 0 aliphatic carbocycles. The molecule has 6 heteroatoms. The van der Waals surface area contributed by atoms with Crippen LogP contribution in [0.5, 0.6) is 0 Å². The van der Waals surface area contributed by atoms with Crippen LogP contribution in [0.2, 0.25) is 5.02 Å². The van der Waals surface area contributed by atoms with E-state index in [4.69, 9.17) is 16.1 Å². The number of halogens is 2. The molecule has 1 aromatic carbocycles. The summed E-state index contributed by atoms with van der Waals surface area (Å²) in [5, 5.41) is 6.87. The molecule has 1 heterocycles. The third-order valence-electron chi connectivity index (χ3n) is 3.65. The number of aromatic nitrogens is 1. The molecule has 0 aliphatic heterocycles. The summed E-state index contributed by atoms with van der Waals surface area (Å²) in [7, 11) is 0. The monoisotopic (exact) mass is 324 g/mol. The Morgan fingerprint density at radius 1 is 1.36 bits per heavy atom. The Balaban J connectivity index is 2.47. The van der Waals surface area contributed by atoms with E-state index in [-0.39, 0.29) is 39.7 Å². The summed E-state index contributed by atoms with van der Waals surface area (Å²) in [6, 6.07) is 4.27. The largest absolute Gasteiger partial charge is 0.360 e. The third kappa shape index (κ3) is 3.14. The van der Waals surface area contributed by atoms with Gasteiger partial charge in [0.15, 0.2) is 0 Å². The molecule has 4 nitrogen and oxygen atoms in total. The summed E-state index contributed by atoms with van der Waals surface area (Å²) in [5.74, 6) is -0.312. The van der Waals surface area contributed by atoms with E-state index in [0.29, 0.717) is 5.76 Å². The van der Waals surface area contributed by atoms with E-state index < -0.39 is 5.82 Å². The summed E-state index contributed by atoms with van der Waals surface area (Å²) in [5.41, 5.74) is 0.400. The maximum atomic E-state index is 14.1. The first-order chi connectivity index (χ1) is 10.3. The van der Waals surface area contributed by atoms with E-state index >= 15 is 0 Å². The minimum Gasteiger partial charge on any atom is -0.360 e. The summed E-state index contributed by atoms with van der Waals surface area (Å²) in [6.45, 7) is 7.52. The van der Waals surface area contributed by atoms with Crippen molar-refractivity contribution in [1.82, 2.24) is 10.5 Å². The summed E-state index contributed by atoms with van der Waals surface area (Å²) in [6.07, 6.45) is 0. The van der Waals surface area contributed by atoms with Gasteiger partial charge in [-0.3, -0.25) is 4.79 Å². The Labute approximate surface area is 133 Å². The number of benzene rings is 1. The molecule has 0 aliphatic rings. The number of carbonyl (C=O) groups is 1. The molecule has 1 atom stereocenters. The molecule has 1 N–H and O–H groups in total. The lowest BCUT2D eigenvalue weighted by atomic mass is 10.0. The third-order valence-corrected chi connectivity index (χ3v) is 3.96. The Morgan fingerprint density at radius 3 is 2.64 bits per heavy atom. The SMILES string of the molecule is Cc1onc(-c2c(F)cccc2Cl)c1C(=O)NC(C)C(C)C. The predicted molar refractivity (Wildman–Crippen MR) is 83.4 cm³/mol. The molecular formula is C16H18ClFN2O2. The standard InChI is InChI=1S/C16H18ClFN2O2/c1-8(2)9(3)19-16(21)13-10(4)22-20-15(13)14-11(17)6-5-7-12(14)18/h5-9H,1-4H3,(H,19,21). The predicted octanol–water partition coefficient (Wildman–Crippen LogP) is 4.22. The van der Waals surface area contributed by atoms with Crippen molar-refractivity contribution < 1.29 is 13.7 Å². The van der Waals surface area contributed by atoms with E-state index in [0.717, 1.165) is 0 Å². The van der Waals surface area contributed by atoms with Gasteiger partial charge in [-0.15, -0.1) is 0 Å². The van der Waals surface area contributed by atoms with Gasteiger partial charge in [0, 0.05) is 6.04 Å². The van der Waals surface area contributed by atoms with Crippen molar-refractivity contribution in [2.75, 3.05) is 0 Å². The second-order valence-corrected chi connectivity index (χ2v) is 5.97. The van der Waals surface area contributed by atoms with Crippen molar-refractivity contribution in [2.24, 2.45) is 5.92 Å². The Hall–Kier alpha value is -1.88. The van der Waals surface area contributed by atoms with Crippen LogP contribution in [0, 0.1) is 18.7 Å². The maximum absolute atomic E-state index is 14.1. The lowest BCUT2D eigenvalue weighted by Crippen LogP contribution is -2.36. The van der Waals surface area contributed by atoms with Crippen LogP contribution in [0.15, 0.2) is 22.7 Å². The van der Waals surface area contributed by atoms with Crippen LogP contribution >= 0.6 is 11.6 Å². The number of nitrogens with zero attached hydrogens (tertiary/aromatic N) is 1. The van der Waals surface area contributed by atoms with Gasteiger partial charge in [0.25, 0.3) is 5.91 Å². The van der Waals surface area contributed by atoms with Crippen LogP contribution in [0.3, 0.4) is 0 Å². The van der Waals surface area contributed by atoms with Crippen molar-refractivity contribution in [2.45, 2.75) is 33.7 Å². The maximum Gasteiger partial charge on any atom is 0.257 e. The summed E-state index contributed by atoms with van der Waals surface area (Å²) >= 11 is 6.05. The number of aryl methyl sites for hydroxylation is 1. The fourth-order valence-electron chi connectivity index (χ4n) is 1.98. The van der Waals surface area contributed by atoms with Gasteiger partial charge in [0.1, 0.15) is 22.8 Å². The van der Waals surface area contributed by atoms with Gasteiger partial charge in [-0.2, -0.15) is 0 Å². The zero-order valence-electron chi connectivity index (χ0n) is 12.9. The van der Waals surface area contributed by atoms with E-state index in [2.05, 4.69) is 10.5 Å². The smallest absolute Gasteiger partial charge is 0.257 e. The van der Waals surface area contributed by atoms with Gasteiger partial charge in [-0.05, 0) is 31.9 Å². The highest BCUT2D eigenvalue weighted by Gasteiger charge is 2.26. The number of nitrogens with one attached hydrogen (secondary N) is 1. The molecule has 0 radical (unpaired) electrons. The molecule has 1 aromatic heterocycles. The molecule has 22 heavy (non-hydrogen) atoms. The van der Waals surface area contributed by atoms with Crippen LogP contribution in [0.4, 0.5) is 4.39 Å². The van der Waals surface area contributed by atoms with E-state index in [9.17, 15) is 9.18 Å². The van der Waals surface area contributed by atoms with Crippen LogP contribution in [0.25, 0.3) is 11.3 Å². The average molecular weight is 325 g/mol. The Kier molecular flexibility index (Phi) is 4.86. The van der Waals surface area contributed by atoms with Gasteiger partial charge in [0.2, 0.25) is 0 Å². The fraction of sp³-hybridized carbons (Fsp3) is 0.375. The van der Waals surface area contributed by atoms with Crippen molar-refractivity contribution >= 4 is 17.5 Å². The van der Waals surface area contributed by atoms with Crippen LogP contribution in [0.1, 0.15) is 36.9 Å². The van der Waals surface area contributed by atoms with Crippen molar-refractivity contribution in [1.29, 1.82) is 0 Å². The molecule has 0 spiro atoms. The van der Waals surface area contributed by atoms with Gasteiger partial charge in [-0.25, -0.2) is 4.39 Å². The van der Waals surface area contributed by atoms with Crippen molar-refractivity contribution in [3.8, 4) is 11.3 Å². The summed E-state index contributed by atoms with van der Waals surface area (Å²) in [4.78, 5) is 12.5. The highest BCUT2D eigenvalue weighted by Crippen LogP contribution is 2.33. The zero-order valence-corrected chi connectivity index (χ0v) is 13.7. The zero-order chi connectivity index (χ0) is 16.4. The molecule has 118 valence electrons. The average Bonchev–Trinajstić information content (AvgIpc) is 2.80. The molecule has 2 aromatic rings. The highest BCUT2D eigenvalue weighted by atomic mass is 35.5. The molecule has 0 bridgehead atoms. The minimum absolute atomic E-state index is 0.0363. The second-order valence-electron chi connectivity index (χ2n) is 5.57. The highest BCUT2D eigenvalue weighted by molar-refractivity contribution is 6.33. The lowest BCUT2D eigenvalue weighted by molar-refractivity contribution is 0.0929. The van der Waals surface area contributed by atoms with Crippen LogP contribution in [-0.2, 0) is 0 Å². The summed E-state index contributed by atoms with van der Waals surface area (Å²) < 4.78 is 19.2. The van der Waals surface area contributed by atoms with Crippen LogP contribution < -0.4 is 5.32 Å². The lowest BCUT2D eigenvalue weighted by Gasteiger charge is -2.17. The number of rotatable bonds is 4. The first-order valence-electron chi connectivity index (χ1n) is 7.04. The van der Waals surface area contributed by atoms with E-state index in [1.165, 1.54) is 12.1 Å². The Morgan fingerprint density at radius 2 is 2.05 bits per heavy atom. The van der Waals surface area contributed by atoms with Crippen molar-refractivity contribution in [3.05, 3.63) is 40.4 Å². The molecule has 0 fully saturated rings. The number of amides is 1. The molecule has 1 unspecified atom stereocenters. The fourth-order valence-corrected chi connectivity index (χ4v) is 2.23. The molecule has 0 saturated carbocycles. The van der Waals surface area contributed by atoms with E-state index in [1.54, 1.807) is 13.0 Å². The van der Waals surface area contributed by atoms with Gasteiger partial charge in [0.05, 0.1) is 10.6 Å². The van der Waals surface area contributed by atoms with Gasteiger partial charge < -0.3 is 9.84 Å². The second kappa shape index (κ2) is 6.48. The first-order valence-corrected chi connectivity index (χ1v) is 7.42. The number of hydrogen-bond acceptors (Lipinski definition) is 3. The normalized spacial score (nSPS) is 12.5. The first kappa shape index (κ1) is 16.5. The topological polar surface area (TPSA) is 55.1 Å². The molecular weight excluding hydrogens is 307 g/mol. The van der Waals surface area contributed by atoms with Gasteiger partial charge >= 0.3 is 0 Å². The molecule has 1 amide bonds. The minimum atomic E-state index is -0.549. The number of hydrogen-bond donors (Lipinski definition) is 1. The van der Waals surface area contributed by atoms with Gasteiger partial charge in [-0.1, -0.05) is 36.7 Å². The molecule has 2 rings (SSSR count). The Bertz CT molecular complexity index is 677. The van der Waals surface area contributed by atoms with Crippen molar-refractivity contribution in [3.63, 3.8) is 0 Å². The molecule has 0 saturated heterocycles. The quantitative estimate of drug-likeness (QED) is 0.916. The van der Waals surface area contributed by atoms with Crippen LogP contribution in [-0.4, -0.2) is 17.1 Å².